The molecule has 2 aromatic rings. The fourth-order valence-corrected chi connectivity index (χ4v) is 2.66. The molecule has 2 heterocycles. The van der Waals surface area contributed by atoms with E-state index in [1.165, 1.54) is 5.56 Å². The highest BCUT2D eigenvalue weighted by atomic mass is 16.1. The monoisotopic (exact) mass is 298 g/mol. The highest BCUT2D eigenvalue weighted by Crippen LogP contribution is 2.16. The third-order valence-corrected chi connectivity index (χ3v) is 4.32. The van der Waals surface area contributed by atoms with Crippen molar-refractivity contribution in [1.82, 2.24) is 20.2 Å². The molecule has 0 radical (unpaired) electrons. The zero-order valence-electron chi connectivity index (χ0n) is 12.8. The number of nitrogens with one attached hydrogen (secondary N) is 2. The molecule has 1 aliphatic rings. The fourth-order valence-electron chi connectivity index (χ4n) is 2.66. The van der Waals surface area contributed by atoms with Gasteiger partial charge < -0.3 is 15.2 Å². The third-order valence-electron chi connectivity index (χ3n) is 4.32. The van der Waals surface area contributed by atoms with Crippen molar-refractivity contribution in [3.8, 4) is 0 Å². The SMILES string of the molecule is CC(C(=O)NCc1cccc(Cn2ccnc2)c1)C1CNC1. The maximum absolute atomic E-state index is 12.1. The van der Waals surface area contributed by atoms with Crippen LogP contribution in [-0.4, -0.2) is 28.5 Å². The number of amides is 1. The Morgan fingerprint density at radius 1 is 1.45 bits per heavy atom. The zero-order valence-corrected chi connectivity index (χ0v) is 12.8. The molecule has 1 saturated heterocycles. The van der Waals surface area contributed by atoms with Gasteiger partial charge in [-0.15, -0.1) is 0 Å². The molecule has 1 unspecified atom stereocenters. The van der Waals surface area contributed by atoms with Crippen molar-refractivity contribution < 1.29 is 4.79 Å². The van der Waals surface area contributed by atoms with Gasteiger partial charge in [-0.25, -0.2) is 4.98 Å². The van der Waals surface area contributed by atoms with Crippen LogP contribution >= 0.6 is 0 Å². The minimum atomic E-state index is 0.0791. The van der Waals surface area contributed by atoms with Gasteiger partial charge in [0.05, 0.1) is 6.33 Å². The number of aromatic nitrogens is 2. The number of hydrogen-bond acceptors (Lipinski definition) is 3. The summed E-state index contributed by atoms with van der Waals surface area (Å²) < 4.78 is 2.03. The van der Waals surface area contributed by atoms with Crippen molar-refractivity contribution in [3.63, 3.8) is 0 Å². The van der Waals surface area contributed by atoms with Crippen LogP contribution in [0.3, 0.4) is 0 Å². The number of benzene rings is 1. The van der Waals surface area contributed by atoms with Crippen molar-refractivity contribution in [3.05, 3.63) is 54.1 Å². The molecule has 1 aliphatic heterocycles. The van der Waals surface area contributed by atoms with Gasteiger partial charge in [0, 0.05) is 31.4 Å². The summed E-state index contributed by atoms with van der Waals surface area (Å²) in [4.78, 5) is 16.2. The number of nitrogens with zero attached hydrogens (tertiary/aromatic N) is 2. The molecular weight excluding hydrogens is 276 g/mol. The van der Waals surface area contributed by atoms with Crippen LogP contribution in [0.1, 0.15) is 18.1 Å². The van der Waals surface area contributed by atoms with E-state index in [1.54, 1.807) is 6.20 Å². The molecule has 5 nitrogen and oxygen atoms in total. The lowest BCUT2D eigenvalue weighted by atomic mass is 9.88. The van der Waals surface area contributed by atoms with Gasteiger partial charge in [-0.3, -0.25) is 4.79 Å². The highest BCUT2D eigenvalue weighted by molar-refractivity contribution is 5.78. The number of imidazole rings is 1. The third kappa shape index (κ3) is 3.54. The minimum Gasteiger partial charge on any atom is -0.352 e. The second-order valence-corrected chi connectivity index (χ2v) is 5.98. The molecule has 2 N–H and O–H groups in total. The van der Waals surface area contributed by atoms with Crippen LogP contribution in [0.2, 0.25) is 0 Å². The maximum Gasteiger partial charge on any atom is 0.223 e. The molecule has 3 rings (SSSR count). The number of hydrogen-bond donors (Lipinski definition) is 2. The predicted molar refractivity (Wildman–Crippen MR) is 85.1 cm³/mol. The first-order valence-electron chi connectivity index (χ1n) is 7.74. The zero-order chi connectivity index (χ0) is 15.4. The van der Waals surface area contributed by atoms with Crippen LogP contribution in [0.5, 0.6) is 0 Å². The first-order chi connectivity index (χ1) is 10.7. The largest absolute Gasteiger partial charge is 0.352 e. The Balaban J connectivity index is 1.54. The van der Waals surface area contributed by atoms with E-state index in [1.807, 2.05) is 36.1 Å². The predicted octanol–water partition coefficient (Wildman–Crippen LogP) is 1.40. The molecule has 0 saturated carbocycles. The van der Waals surface area contributed by atoms with Crippen molar-refractivity contribution in [2.75, 3.05) is 13.1 Å². The van der Waals surface area contributed by atoms with Gasteiger partial charge in [0.25, 0.3) is 0 Å². The first-order valence-corrected chi connectivity index (χ1v) is 7.74. The van der Waals surface area contributed by atoms with Crippen LogP contribution in [0, 0.1) is 11.8 Å². The van der Waals surface area contributed by atoms with Crippen molar-refractivity contribution >= 4 is 5.91 Å². The van der Waals surface area contributed by atoms with Crippen molar-refractivity contribution in [2.45, 2.75) is 20.0 Å². The van der Waals surface area contributed by atoms with E-state index in [2.05, 4.69) is 27.8 Å². The lowest BCUT2D eigenvalue weighted by Crippen LogP contribution is -2.49. The standard InChI is InChI=1S/C17H22N4O/c1-13(16-9-19-10-16)17(22)20-8-14-3-2-4-15(7-14)11-21-6-5-18-12-21/h2-7,12-13,16,19H,8-11H2,1H3,(H,20,22). The summed E-state index contributed by atoms with van der Waals surface area (Å²) >= 11 is 0. The molecule has 1 amide bonds. The van der Waals surface area contributed by atoms with Gasteiger partial charge in [-0.05, 0) is 30.1 Å². The van der Waals surface area contributed by atoms with E-state index in [4.69, 9.17) is 0 Å². The normalized spacial score (nSPS) is 16.0. The van der Waals surface area contributed by atoms with Gasteiger partial charge in [-0.1, -0.05) is 31.2 Å². The van der Waals surface area contributed by atoms with Gasteiger partial charge >= 0.3 is 0 Å². The van der Waals surface area contributed by atoms with Gasteiger partial charge in [0.15, 0.2) is 0 Å². The van der Waals surface area contributed by atoms with Crippen LogP contribution in [0.15, 0.2) is 43.0 Å². The molecule has 0 bridgehead atoms. The minimum absolute atomic E-state index is 0.0791. The molecule has 0 aliphatic carbocycles. The average Bonchev–Trinajstić information content (AvgIpc) is 2.96. The summed E-state index contributed by atoms with van der Waals surface area (Å²) in [5.41, 5.74) is 2.34. The molecular formula is C17H22N4O. The van der Waals surface area contributed by atoms with E-state index in [-0.39, 0.29) is 11.8 Å². The Hall–Kier alpha value is -2.14. The summed E-state index contributed by atoms with van der Waals surface area (Å²) in [6, 6.07) is 8.31. The molecule has 1 aromatic carbocycles. The number of rotatable bonds is 6. The number of carbonyl (C=O) groups is 1. The summed E-state index contributed by atoms with van der Waals surface area (Å²) in [6.07, 6.45) is 5.53. The van der Waals surface area contributed by atoms with E-state index < -0.39 is 0 Å². The summed E-state index contributed by atoms with van der Waals surface area (Å²) in [5, 5.41) is 6.26. The maximum atomic E-state index is 12.1. The molecule has 1 atom stereocenters. The summed E-state index contributed by atoms with van der Waals surface area (Å²) in [7, 11) is 0. The quantitative estimate of drug-likeness (QED) is 0.847. The van der Waals surface area contributed by atoms with Crippen molar-refractivity contribution in [2.24, 2.45) is 11.8 Å². The van der Waals surface area contributed by atoms with Crippen LogP contribution in [0.25, 0.3) is 0 Å². The van der Waals surface area contributed by atoms with E-state index in [9.17, 15) is 4.79 Å². The second-order valence-electron chi connectivity index (χ2n) is 5.98. The molecule has 5 heteroatoms. The molecule has 116 valence electrons. The Bertz CT molecular complexity index is 619. The van der Waals surface area contributed by atoms with E-state index in [0.29, 0.717) is 12.5 Å². The smallest absolute Gasteiger partial charge is 0.223 e. The number of carbonyl (C=O) groups excluding carboxylic acids is 1. The Labute approximate surface area is 130 Å². The lowest BCUT2D eigenvalue weighted by molar-refractivity contribution is -0.126. The fraction of sp³-hybridized carbons (Fsp3) is 0.412. The summed E-state index contributed by atoms with van der Waals surface area (Å²) in [5.74, 6) is 0.703. The van der Waals surface area contributed by atoms with Gasteiger partial charge in [0.1, 0.15) is 0 Å². The molecule has 0 spiro atoms. The summed E-state index contributed by atoms with van der Waals surface area (Å²) in [6.45, 7) is 5.30. The van der Waals surface area contributed by atoms with Crippen molar-refractivity contribution in [1.29, 1.82) is 0 Å². The van der Waals surface area contributed by atoms with E-state index in [0.717, 1.165) is 25.2 Å². The molecule has 1 fully saturated rings. The Morgan fingerprint density at radius 3 is 2.95 bits per heavy atom. The van der Waals surface area contributed by atoms with Gasteiger partial charge in [-0.2, -0.15) is 0 Å². The molecule has 1 aromatic heterocycles. The molecule has 22 heavy (non-hydrogen) atoms. The Kier molecular flexibility index (Phi) is 4.53. The average molecular weight is 298 g/mol. The lowest BCUT2D eigenvalue weighted by Gasteiger charge is -2.31. The van der Waals surface area contributed by atoms with Crippen LogP contribution in [-0.2, 0) is 17.9 Å². The first kappa shape index (κ1) is 14.8. The highest BCUT2D eigenvalue weighted by Gasteiger charge is 2.28. The van der Waals surface area contributed by atoms with Crippen LogP contribution in [0.4, 0.5) is 0 Å². The Morgan fingerprint density at radius 2 is 2.27 bits per heavy atom. The van der Waals surface area contributed by atoms with Crippen LogP contribution < -0.4 is 10.6 Å². The second kappa shape index (κ2) is 6.75. The van der Waals surface area contributed by atoms with Gasteiger partial charge in [0.2, 0.25) is 5.91 Å². The van der Waals surface area contributed by atoms with E-state index >= 15 is 0 Å². The topological polar surface area (TPSA) is 59.0 Å².